The molecule has 0 radical (unpaired) electrons. The Morgan fingerprint density at radius 2 is 1.70 bits per heavy atom. The lowest BCUT2D eigenvalue weighted by Crippen LogP contribution is -2.52. The number of nitrogens with zero attached hydrogens (tertiary/aromatic N) is 3. The van der Waals surface area contributed by atoms with Crippen molar-refractivity contribution in [1.82, 2.24) is 20.2 Å². The topological polar surface area (TPSA) is 117 Å². The van der Waals surface area contributed by atoms with Crippen molar-refractivity contribution in [1.29, 1.82) is 0 Å². The highest BCUT2D eigenvalue weighted by Crippen LogP contribution is 2.27. The van der Waals surface area contributed by atoms with Crippen molar-refractivity contribution in [3.05, 3.63) is 60.2 Å². The second-order valence-electron chi connectivity index (χ2n) is 8.53. The molecule has 4 rings (SSSR count). The summed E-state index contributed by atoms with van der Waals surface area (Å²) in [5, 5.41) is 15.0. The minimum absolute atomic E-state index is 0.101. The number of carboxylic acid groups (broad SMARTS) is 1. The van der Waals surface area contributed by atoms with E-state index < -0.39 is 30.0 Å². The van der Waals surface area contributed by atoms with Gasteiger partial charge in [0.2, 0.25) is 11.9 Å². The Bertz CT molecular complexity index is 1170. The number of nitrogens with one attached hydrogen (secondary N) is 2. The summed E-state index contributed by atoms with van der Waals surface area (Å²) in [6.07, 6.45) is 0.364. The molecule has 1 aliphatic rings. The van der Waals surface area contributed by atoms with Crippen LogP contribution in [-0.2, 0) is 16.1 Å². The summed E-state index contributed by atoms with van der Waals surface area (Å²) in [6.45, 7) is 4.93. The van der Waals surface area contributed by atoms with Gasteiger partial charge in [0.1, 0.15) is 6.04 Å². The molecule has 0 spiro atoms. The SMILES string of the molecule is CC(C)C[C@H](NC(=O)N1CCn2c1nc1ccccc12)C(=O)N[C@H](C(=O)O)c1ccccc1. The van der Waals surface area contributed by atoms with E-state index in [4.69, 9.17) is 0 Å². The van der Waals surface area contributed by atoms with E-state index in [9.17, 15) is 19.5 Å². The molecule has 1 aliphatic heterocycles. The first-order valence-corrected chi connectivity index (χ1v) is 11.0. The summed E-state index contributed by atoms with van der Waals surface area (Å²) in [7, 11) is 0. The van der Waals surface area contributed by atoms with E-state index in [0.717, 1.165) is 11.0 Å². The summed E-state index contributed by atoms with van der Waals surface area (Å²) in [6, 6.07) is 13.6. The van der Waals surface area contributed by atoms with E-state index in [-0.39, 0.29) is 5.92 Å². The van der Waals surface area contributed by atoms with Crippen LogP contribution in [0.25, 0.3) is 11.0 Å². The number of carbonyl (C=O) groups excluding carboxylic acids is 2. The smallest absolute Gasteiger partial charge is 0.330 e. The van der Waals surface area contributed by atoms with Gasteiger partial charge in [-0.1, -0.05) is 56.3 Å². The van der Waals surface area contributed by atoms with Crippen molar-refractivity contribution < 1.29 is 19.5 Å². The fourth-order valence-electron chi connectivity index (χ4n) is 4.09. The molecule has 0 saturated heterocycles. The highest BCUT2D eigenvalue weighted by molar-refractivity contribution is 5.97. The van der Waals surface area contributed by atoms with Crippen molar-refractivity contribution in [2.75, 3.05) is 11.4 Å². The molecule has 3 N–H and O–H groups in total. The Balaban J connectivity index is 1.52. The quantitative estimate of drug-likeness (QED) is 0.513. The predicted molar refractivity (Wildman–Crippen MR) is 124 cm³/mol. The van der Waals surface area contributed by atoms with Gasteiger partial charge in [0, 0.05) is 13.1 Å². The van der Waals surface area contributed by atoms with Crippen LogP contribution in [0.2, 0.25) is 0 Å². The molecule has 0 unspecified atom stereocenters. The fourth-order valence-corrected chi connectivity index (χ4v) is 4.09. The monoisotopic (exact) mass is 449 g/mol. The van der Waals surface area contributed by atoms with E-state index in [2.05, 4.69) is 15.6 Å². The fraction of sp³-hybridized carbons (Fsp3) is 0.333. The highest BCUT2D eigenvalue weighted by Gasteiger charge is 2.33. The molecule has 2 aromatic carbocycles. The summed E-state index contributed by atoms with van der Waals surface area (Å²) >= 11 is 0. The summed E-state index contributed by atoms with van der Waals surface area (Å²) < 4.78 is 1.97. The van der Waals surface area contributed by atoms with E-state index in [1.165, 1.54) is 4.90 Å². The number of para-hydroxylation sites is 2. The van der Waals surface area contributed by atoms with Gasteiger partial charge < -0.3 is 20.3 Å². The number of carbonyl (C=O) groups is 3. The van der Waals surface area contributed by atoms with E-state index in [1.807, 2.05) is 42.7 Å². The van der Waals surface area contributed by atoms with Crippen LogP contribution in [0.15, 0.2) is 54.6 Å². The van der Waals surface area contributed by atoms with Gasteiger partial charge in [-0.05, 0) is 30.0 Å². The molecule has 0 fully saturated rings. The molecule has 0 saturated carbocycles. The Labute approximate surface area is 191 Å². The van der Waals surface area contributed by atoms with Gasteiger partial charge in [-0.3, -0.25) is 9.69 Å². The zero-order valence-electron chi connectivity index (χ0n) is 18.6. The number of hydrogen-bond acceptors (Lipinski definition) is 4. The van der Waals surface area contributed by atoms with Crippen molar-refractivity contribution in [2.24, 2.45) is 5.92 Å². The van der Waals surface area contributed by atoms with Gasteiger partial charge >= 0.3 is 12.0 Å². The van der Waals surface area contributed by atoms with Crippen LogP contribution in [0.3, 0.4) is 0 Å². The largest absolute Gasteiger partial charge is 0.479 e. The van der Waals surface area contributed by atoms with Gasteiger partial charge in [0.25, 0.3) is 0 Å². The summed E-state index contributed by atoms with van der Waals surface area (Å²) in [5.41, 5.74) is 2.21. The zero-order chi connectivity index (χ0) is 23.5. The van der Waals surface area contributed by atoms with E-state index in [1.54, 1.807) is 30.3 Å². The minimum Gasteiger partial charge on any atom is -0.479 e. The first-order chi connectivity index (χ1) is 15.8. The van der Waals surface area contributed by atoms with Gasteiger partial charge in [0.15, 0.2) is 6.04 Å². The lowest BCUT2D eigenvalue weighted by Gasteiger charge is -2.25. The maximum Gasteiger partial charge on any atom is 0.330 e. The Hall–Kier alpha value is -3.88. The number of urea groups is 1. The molecule has 0 aliphatic carbocycles. The normalized spacial score (nSPS) is 14.7. The highest BCUT2D eigenvalue weighted by atomic mass is 16.4. The first-order valence-electron chi connectivity index (χ1n) is 11.0. The molecule has 3 aromatic rings. The number of aliphatic carboxylic acids is 1. The third-order valence-corrected chi connectivity index (χ3v) is 5.66. The molecule has 9 nitrogen and oxygen atoms in total. The third-order valence-electron chi connectivity index (χ3n) is 5.66. The number of aromatic nitrogens is 2. The van der Waals surface area contributed by atoms with Gasteiger partial charge in [-0.15, -0.1) is 0 Å². The Kier molecular flexibility index (Phi) is 6.30. The second-order valence-corrected chi connectivity index (χ2v) is 8.53. The van der Waals surface area contributed by atoms with Crippen LogP contribution in [0.5, 0.6) is 0 Å². The lowest BCUT2D eigenvalue weighted by molar-refractivity contribution is -0.142. The third kappa shape index (κ3) is 4.67. The molecule has 2 heterocycles. The Morgan fingerprint density at radius 3 is 2.39 bits per heavy atom. The molecule has 172 valence electrons. The number of benzene rings is 2. The van der Waals surface area contributed by atoms with Crippen LogP contribution in [0, 0.1) is 5.92 Å². The number of fused-ring (bicyclic) bond motifs is 3. The first kappa shape index (κ1) is 22.3. The molecular weight excluding hydrogens is 422 g/mol. The van der Waals surface area contributed by atoms with Crippen LogP contribution in [-0.4, -0.2) is 45.2 Å². The average Bonchev–Trinajstić information content (AvgIpc) is 3.36. The molecule has 2 atom stereocenters. The summed E-state index contributed by atoms with van der Waals surface area (Å²) in [5.74, 6) is -1.08. The number of amides is 3. The van der Waals surface area contributed by atoms with Crippen molar-refractivity contribution >= 4 is 34.9 Å². The maximum absolute atomic E-state index is 13.1. The molecule has 1 aromatic heterocycles. The van der Waals surface area contributed by atoms with E-state index >= 15 is 0 Å². The molecule has 9 heteroatoms. The second kappa shape index (κ2) is 9.32. The lowest BCUT2D eigenvalue weighted by atomic mass is 10.0. The van der Waals surface area contributed by atoms with E-state index in [0.29, 0.717) is 31.0 Å². The standard InChI is InChI=1S/C24H27N5O4/c1-15(2)14-18(21(30)27-20(22(31)32)16-8-4-3-5-9-16)26-24(33)29-13-12-28-19-11-7-6-10-17(19)25-23(28)29/h3-11,15,18,20H,12-14H2,1-2H3,(H,26,33)(H,27,30)(H,31,32)/t18-,20-/m0/s1. The van der Waals surface area contributed by atoms with Crippen LogP contribution < -0.4 is 15.5 Å². The molecule has 3 amide bonds. The number of imidazole rings is 1. The van der Waals surface area contributed by atoms with Crippen LogP contribution >= 0.6 is 0 Å². The Morgan fingerprint density at radius 1 is 1.00 bits per heavy atom. The molecule has 33 heavy (non-hydrogen) atoms. The van der Waals surface area contributed by atoms with Crippen LogP contribution in [0.4, 0.5) is 10.7 Å². The van der Waals surface area contributed by atoms with Gasteiger partial charge in [-0.25, -0.2) is 14.6 Å². The van der Waals surface area contributed by atoms with Crippen molar-refractivity contribution in [3.8, 4) is 0 Å². The van der Waals surface area contributed by atoms with Crippen molar-refractivity contribution in [3.63, 3.8) is 0 Å². The molecular formula is C24H27N5O4. The number of rotatable bonds is 7. The number of hydrogen-bond donors (Lipinski definition) is 3. The minimum atomic E-state index is -1.21. The predicted octanol–water partition coefficient (Wildman–Crippen LogP) is 2.92. The van der Waals surface area contributed by atoms with Crippen LogP contribution in [0.1, 0.15) is 31.9 Å². The average molecular weight is 450 g/mol. The summed E-state index contributed by atoms with van der Waals surface area (Å²) in [4.78, 5) is 44.1. The number of carboxylic acids is 1. The zero-order valence-corrected chi connectivity index (χ0v) is 18.6. The van der Waals surface area contributed by atoms with Gasteiger partial charge in [-0.2, -0.15) is 0 Å². The number of anilines is 1. The van der Waals surface area contributed by atoms with Crippen molar-refractivity contribution in [2.45, 2.75) is 38.9 Å². The molecule has 0 bridgehead atoms. The maximum atomic E-state index is 13.1. The van der Waals surface area contributed by atoms with Gasteiger partial charge in [0.05, 0.1) is 11.0 Å².